The predicted octanol–water partition coefficient (Wildman–Crippen LogP) is 20.2. The summed E-state index contributed by atoms with van der Waals surface area (Å²) in [6.07, 6.45) is 36.5. The first-order chi connectivity index (χ1) is 33.5. The first-order valence-electron chi connectivity index (χ1n) is 27.0. The van der Waals surface area contributed by atoms with Crippen molar-refractivity contribution in [1.29, 1.82) is 0 Å². The van der Waals surface area contributed by atoms with Crippen molar-refractivity contribution < 1.29 is 0 Å². The minimum atomic E-state index is 0.0589. The monoisotopic (exact) mass is 898 g/mol. The molecule has 0 bridgehead atoms. The van der Waals surface area contributed by atoms with Gasteiger partial charge >= 0.3 is 0 Å². The number of benzene rings is 6. The third-order valence-electron chi connectivity index (χ3n) is 15.1. The molecule has 0 N–H and O–H groups in total. The summed E-state index contributed by atoms with van der Waals surface area (Å²) in [5, 5.41) is 2.77. The van der Waals surface area contributed by atoms with E-state index in [1.54, 1.807) is 0 Å². The van der Waals surface area contributed by atoms with Gasteiger partial charge in [-0.1, -0.05) is 239 Å². The van der Waals surface area contributed by atoms with E-state index in [2.05, 4.69) is 184 Å². The summed E-state index contributed by atoms with van der Waals surface area (Å²) in [5.74, 6) is 0. The Morgan fingerprint density at radius 2 is 0.794 bits per heavy atom. The summed E-state index contributed by atoms with van der Waals surface area (Å²) >= 11 is 0. The fourth-order valence-electron chi connectivity index (χ4n) is 11.2. The van der Waals surface area contributed by atoms with Crippen molar-refractivity contribution in [2.45, 2.75) is 162 Å². The minimum Gasteiger partial charge on any atom is -0.309 e. The van der Waals surface area contributed by atoms with Crippen LogP contribution in [0.25, 0.3) is 69.0 Å². The molecule has 352 valence electrons. The number of hydrogen-bond donors (Lipinski definition) is 0. The molecule has 0 amide bonds. The standard InChI is InChI=1S/C67H79N/c1-6-11-15-19-23-55-37-43-65-61(47-55)62-48-56(24-20-16-12-7-2)38-44-66(62)68(65)58-39-33-54(34-40-58)30-29-52-25-27-53(28-26-52)31-32-57-36-42-60-59-41-35-51(10-5)49-63(59)67(64(60)50-57,45-21-17-13-8-3)46-22-18-14-9-4/h10,25-44,47-50H,5-9,11-24,45-46H2,1-4H3/b30-29+,32-31+. The van der Waals surface area contributed by atoms with Gasteiger partial charge in [0.2, 0.25) is 0 Å². The number of unbranched alkanes of at least 4 members (excludes halogenated alkanes) is 12. The molecule has 6 aromatic carbocycles. The van der Waals surface area contributed by atoms with Crippen molar-refractivity contribution in [3.8, 4) is 16.8 Å². The van der Waals surface area contributed by atoms with Crippen LogP contribution in [0, 0.1) is 0 Å². The van der Waals surface area contributed by atoms with Gasteiger partial charge in [-0.2, -0.15) is 0 Å². The van der Waals surface area contributed by atoms with Crippen LogP contribution >= 0.6 is 0 Å². The maximum atomic E-state index is 4.16. The molecule has 1 aliphatic rings. The lowest BCUT2D eigenvalue weighted by molar-refractivity contribution is 0.401. The van der Waals surface area contributed by atoms with Crippen LogP contribution in [-0.2, 0) is 18.3 Å². The third kappa shape index (κ3) is 11.4. The summed E-state index contributed by atoms with van der Waals surface area (Å²) in [4.78, 5) is 0. The highest BCUT2D eigenvalue weighted by molar-refractivity contribution is 6.09. The normalized spacial score (nSPS) is 13.1. The molecule has 0 saturated carbocycles. The van der Waals surface area contributed by atoms with Crippen LogP contribution in [0.1, 0.15) is 193 Å². The van der Waals surface area contributed by atoms with E-state index in [-0.39, 0.29) is 5.41 Å². The van der Waals surface area contributed by atoms with E-state index in [4.69, 9.17) is 0 Å². The molecule has 1 aromatic heterocycles. The molecule has 0 radical (unpaired) electrons. The Hall–Kier alpha value is -5.66. The zero-order valence-electron chi connectivity index (χ0n) is 42.2. The number of aryl methyl sites for hydroxylation is 2. The Labute approximate surface area is 411 Å². The van der Waals surface area contributed by atoms with E-state index in [9.17, 15) is 0 Å². The van der Waals surface area contributed by atoms with Gasteiger partial charge in [0.25, 0.3) is 0 Å². The SMILES string of the molecule is C=Cc1ccc2c(c1)C(CCCCCC)(CCCCCC)c1cc(/C=C/c3ccc(/C=C/c4ccc(-n5c6ccc(CCCCCC)cc6c6cc(CCCCCC)ccc65)cc4)cc3)ccc1-2. The summed E-state index contributed by atoms with van der Waals surface area (Å²) in [6.45, 7) is 13.4. The molecular weight excluding hydrogens is 819 g/mol. The molecular formula is C67H79N. The molecule has 0 saturated heterocycles. The zero-order chi connectivity index (χ0) is 47.1. The molecule has 0 atom stereocenters. The molecule has 0 fully saturated rings. The van der Waals surface area contributed by atoms with Gasteiger partial charge in [-0.3, -0.25) is 0 Å². The summed E-state index contributed by atoms with van der Waals surface area (Å²) in [5.41, 5.74) is 18.9. The average Bonchev–Trinajstić information content (AvgIpc) is 3.84. The van der Waals surface area contributed by atoms with Gasteiger partial charge in [-0.05, 0) is 136 Å². The first-order valence-corrected chi connectivity index (χ1v) is 27.0. The Balaban J connectivity index is 0.989. The molecule has 1 heteroatoms. The van der Waals surface area contributed by atoms with Crippen molar-refractivity contribution in [3.05, 3.63) is 178 Å². The lowest BCUT2D eigenvalue weighted by Gasteiger charge is -2.33. The van der Waals surface area contributed by atoms with Crippen molar-refractivity contribution in [1.82, 2.24) is 4.57 Å². The summed E-state index contributed by atoms with van der Waals surface area (Å²) in [6, 6.07) is 46.9. The zero-order valence-corrected chi connectivity index (χ0v) is 42.2. The Bertz CT molecular complexity index is 2710. The average molecular weight is 898 g/mol. The maximum absolute atomic E-state index is 4.16. The largest absolute Gasteiger partial charge is 0.309 e. The second-order valence-corrected chi connectivity index (χ2v) is 20.1. The topological polar surface area (TPSA) is 4.93 Å². The quantitative estimate of drug-likeness (QED) is 0.0377. The van der Waals surface area contributed by atoms with Crippen LogP contribution in [0.5, 0.6) is 0 Å². The van der Waals surface area contributed by atoms with Crippen molar-refractivity contribution >= 4 is 52.2 Å². The molecule has 0 unspecified atom stereocenters. The van der Waals surface area contributed by atoms with E-state index in [0.29, 0.717) is 0 Å². The second kappa shape index (κ2) is 24.1. The van der Waals surface area contributed by atoms with Gasteiger partial charge in [0.05, 0.1) is 11.0 Å². The number of nitrogens with zero attached hydrogens (tertiary/aromatic N) is 1. The number of hydrogen-bond acceptors (Lipinski definition) is 0. The fraction of sp³-hybridized carbons (Fsp3) is 0.373. The van der Waals surface area contributed by atoms with Crippen molar-refractivity contribution in [2.75, 3.05) is 0 Å². The second-order valence-electron chi connectivity index (χ2n) is 20.1. The highest BCUT2D eigenvalue weighted by Crippen LogP contribution is 2.55. The van der Waals surface area contributed by atoms with Crippen molar-refractivity contribution in [2.24, 2.45) is 0 Å². The van der Waals surface area contributed by atoms with E-state index in [0.717, 1.165) is 12.8 Å². The maximum Gasteiger partial charge on any atom is 0.0541 e. The van der Waals surface area contributed by atoms with Gasteiger partial charge in [0.15, 0.2) is 0 Å². The van der Waals surface area contributed by atoms with Gasteiger partial charge in [-0.25, -0.2) is 0 Å². The molecule has 1 heterocycles. The van der Waals surface area contributed by atoms with Gasteiger partial charge in [0, 0.05) is 21.9 Å². The van der Waals surface area contributed by atoms with Crippen molar-refractivity contribution in [3.63, 3.8) is 0 Å². The van der Waals surface area contributed by atoms with E-state index >= 15 is 0 Å². The van der Waals surface area contributed by atoms with Crippen LogP contribution < -0.4 is 0 Å². The fourth-order valence-corrected chi connectivity index (χ4v) is 11.2. The van der Waals surface area contributed by atoms with E-state index < -0.39 is 0 Å². The molecule has 68 heavy (non-hydrogen) atoms. The minimum absolute atomic E-state index is 0.0589. The van der Waals surface area contributed by atoms with Crippen LogP contribution in [0.3, 0.4) is 0 Å². The smallest absolute Gasteiger partial charge is 0.0541 e. The molecule has 1 aliphatic carbocycles. The van der Waals surface area contributed by atoms with E-state index in [1.807, 2.05) is 6.08 Å². The summed E-state index contributed by atoms with van der Waals surface area (Å²) in [7, 11) is 0. The molecule has 7 aromatic rings. The van der Waals surface area contributed by atoms with Crippen LogP contribution in [0.15, 0.2) is 128 Å². The Morgan fingerprint density at radius 1 is 0.397 bits per heavy atom. The molecule has 8 rings (SSSR count). The Morgan fingerprint density at radius 3 is 1.25 bits per heavy atom. The predicted molar refractivity (Wildman–Crippen MR) is 301 cm³/mol. The number of fused-ring (bicyclic) bond motifs is 6. The molecule has 0 spiro atoms. The lowest BCUT2D eigenvalue weighted by atomic mass is 9.70. The van der Waals surface area contributed by atoms with Gasteiger partial charge in [0.1, 0.15) is 0 Å². The first kappa shape index (κ1) is 48.8. The number of aromatic nitrogens is 1. The van der Waals surface area contributed by atoms with Crippen LogP contribution in [0.4, 0.5) is 0 Å². The van der Waals surface area contributed by atoms with Crippen LogP contribution in [-0.4, -0.2) is 4.57 Å². The van der Waals surface area contributed by atoms with Crippen LogP contribution in [0.2, 0.25) is 0 Å². The Kier molecular flexibility index (Phi) is 17.3. The van der Waals surface area contributed by atoms with Gasteiger partial charge < -0.3 is 4.57 Å². The van der Waals surface area contributed by atoms with E-state index in [1.165, 1.54) is 204 Å². The summed E-state index contributed by atoms with van der Waals surface area (Å²) < 4.78 is 2.48. The lowest BCUT2D eigenvalue weighted by Crippen LogP contribution is -2.25. The highest BCUT2D eigenvalue weighted by Gasteiger charge is 2.42. The third-order valence-corrected chi connectivity index (χ3v) is 15.1. The molecule has 0 aliphatic heterocycles. The van der Waals surface area contributed by atoms with Gasteiger partial charge in [-0.15, -0.1) is 0 Å². The molecule has 1 nitrogen and oxygen atoms in total. The highest BCUT2D eigenvalue weighted by atomic mass is 15.0. The number of rotatable bonds is 26.